The van der Waals surface area contributed by atoms with Crippen molar-refractivity contribution in [1.29, 1.82) is 0 Å². The number of carbonyl (C=O) groups is 1. The lowest BCUT2D eigenvalue weighted by atomic mass is 9.82. The van der Waals surface area contributed by atoms with Gasteiger partial charge in [-0.25, -0.2) is 4.79 Å². The summed E-state index contributed by atoms with van der Waals surface area (Å²) in [7, 11) is 1.56. The smallest absolute Gasteiger partial charge is 0.405 e. The van der Waals surface area contributed by atoms with Crippen LogP contribution in [0.4, 0.5) is 4.79 Å². The highest BCUT2D eigenvalue weighted by atomic mass is 35.5. The van der Waals surface area contributed by atoms with E-state index in [1.54, 1.807) is 13.2 Å². The van der Waals surface area contributed by atoms with Crippen molar-refractivity contribution in [1.82, 2.24) is 0 Å². The maximum absolute atomic E-state index is 11.1. The lowest BCUT2D eigenvalue weighted by Crippen LogP contribution is -2.38. The Balaban J connectivity index is 2.94. The third-order valence-electron chi connectivity index (χ3n) is 3.24. The molecule has 0 aliphatic rings. The molecular formula is C15H22ClNO4. The minimum atomic E-state index is -0.810. The topological polar surface area (TPSA) is 70.8 Å². The van der Waals surface area contributed by atoms with Crippen LogP contribution in [0, 0.1) is 0 Å². The second-order valence-electron chi connectivity index (χ2n) is 5.20. The van der Waals surface area contributed by atoms with E-state index in [9.17, 15) is 4.79 Å². The average molecular weight is 316 g/mol. The van der Waals surface area contributed by atoms with Gasteiger partial charge in [-0.15, -0.1) is 0 Å². The van der Waals surface area contributed by atoms with Crippen molar-refractivity contribution < 1.29 is 19.0 Å². The Morgan fingerprint density at radius 3 is 2.62 bits per heavy atom. The second-order valence-corrected chi connectivity index (χ2v) is 5.61. The van der Waals surface area contributed by atoms with Gasteiger partial charge in [0.15, 0.2) is 0 Å². The molecule has 1 aromatic rings. The Hall–Kier alpha value is -1.30. The molecule has 21 heavy (non-hydrogen) atoms. The molecule has 1 atom stereocenters. The van der Waals surface area contributed by atoms with Gasteiger partial charge in [0.05, 0.1) is 6.61 Å². The molecule has 6 heteroatoms. The normalized spacial score (nSPS) is 13.0. The summed E-state index contributed by atoms with van der Waals surface area (Å²) in [4.78, 5) is 11.1. The number of amides is 1. The van der Waals surface area contributed by atoms with E-state index in [2.05, 4.69) is 0 Å². The van der Waals surface area contributed by atoms with Crippen molar-refractivity contribution >= 4 is 17.7 Å². The second kappa shape index (κ2) is 8.22. The van der Waals surface area contributed by atoms with Gasteiger partial charge >= 0.3 is 6.09 Å². The van der Waals surface area contributed by atoms with E-state index in [4.69, 9.17) is 31.5 Å². The fourth-order valence-corrected chi connectivity index (χ4v) is 2.58. The summed E-state index contributed by atoms with van der Waals surface area (Å²) in [6.45, 7) is 4.28. The van der Waals surface area contributed by atoms with Crippen LogP contribution >= 0.6 is 11.6 Å². The first kappa shape index (κ1) is 17.8. The van der Waals surface area contributed by atoms with Crippen LogP contribution in [0.5, 0.6) is 0 Å². The van der Waals surface area contributed by atoms with Gasteiger partial charge in [0.25, 0.3) is 0 Å². The molecule has 0 aliphatic heterocycles. The molecule has 0 radical (unpaired) electrons. The van der Waals surface area contributed by atoms with E-state index >= 15 is 0 Å². The predicted octanol–water partition coefficient (Wildman–Crippen LogP) is 3.31. The van der Waals surface area contributed by atoms with Crippen LogP contribution in [0.2, 0.25) is 5.02 Å². The van der Waals surface area contributed by atoms with Crippen LogP contribution in [0.1, 0.15) is 31.7 Å². The van der Waals surface area contributed by atoms with Crippen molar-refractivity contribution in [2.24, 2.45) is 5.73 Å². The van der Waals surface area contributed by atoms with Gasteiger partial charge in [0.2, 0.25) is 0 Å². The van der Waals surface area contributed by atoms with Crippen LogP contribution in [-0.4, -0.2) is 32.2 Å². The first-order valence-electron chi connectivity index (χ1n) is 6.68. The van der Waals surface area contributed by atoms with Crippen LogP contribution in [-0.2, 0) is 14.2 Å². The number of ether oxygens (including phenoxy) is 3. The van der Waals surface area contributed by atoms with Gasteiger partial charge in [0, 0.05) is 18.1 Å². The highest BCUT2D eigenvalue weighted by molar-refractivity contribution is 6.31. The molecule has 1 amide bonds. The van der Waals surface area contributed by atoms with E-state index in [1.807, 2.05) is 32.0 Å². The predicted molar refractivity (Wildman–Crippen MR) is 81.4 cm³/mol. The minimum absolute atomic E-state index is 0.143. The third kappa shape index (κ3) is 5.53. The number of halogens is 1. The molecule has 0 aromatic heterocycles. The van der Waals surface area contributed by atoms with Crippen molar-refractivity contribution in [3.63, 3.8) is 0 Å². The van der Waals surface area contributed by atoms with E-state index in [1.165, 1.54) is 0 Å². The molecule has 1 aromatic carbocycles. The maximum atomic E-state index is 11.1. The molecule has 118 valence electrons. The minimum Gasteiger partial charge on any atom is -0.443 e. The van der Waals surface area contributed by atoms with E-state index in [0.717, 1.165) is 5.56 Å². The SMILES string of the molecule is COCOCC[C@H](c1ccccc1Cl)C(C)(C)OC(N)=O. The molecular weight excluding hydrogens is 294 g/mol. The Labute approximate surface area is 130 Å². The zero-order chi connectivity index (χ0) is 15.9. The lowest BCUT2D eigenvalue weighted by molar-refractivity contribution is -0.0425. The summed E-state index contributed by atoms with van der Waals surface area (Å²) in [5.41, 5.74) is 5.26. The number of nitrogens with two attached hydrogens (primary N) is 1. The zero-order valence-corrected chi connectivity index (χ0v) is 13.4. The number of carbonyl (C=O) groups excluding carboxylic acids is 1. The number of hydrogen-bond donors (Lipinski definition) is 1. The highest BCUT2D eigenvalue weighted by Gasteiger charge is 2.35. The Morgan fingerprint density at radius 2 is 2.05 bits per heavy atom. The van der Waals surface area contributed by atoms with E-state index in [0.29, 0.717) is 18.1 Å². The number of primary amides is 1. The maximum Gasteiger partial charge on any atom is 0.405 e. The van der Waals surface area contributed by atoms with Crippen LogP contribution in [0.3, 0.4) is 0 Å². The molecule has 2 N–H and O–H groups in total. The molecule has 1 rings (SSSR count). The molecule has 0 saturated heterocycles. The number of hydrogen-bond acceptors (Lipinski definition) is 4. The standard InChI is InChI=1S/C15H22ClNO4/c1-15(2,21-14(17)18)12(8-9-20-10-19-3)11-6-4-5-7-13(11)16/h4-7,12H,8-10H2,1-3H3,(H2,17,18)/t12-/m1/s1. The van der Waals surface area contributed by atoms with Gasteiger partial charge in [0.1, 0.15) is 12.4 Å². The number of methoxy groups -OCH3 is 1. The van der Waals surface area contributed by atoms with Crippen molar-refractivity contribution in [2.75, 3.05) is 20.5 Å². The fourth-order valence-electron chi connectivity index (χ4n) is 2.31. The van der Waals surface area contributed by atoms with Gasteiger partial charge in [-0.1, -0.05) is 29.8 Å². The molecule has 0 bridgehead atoms. The fraction of sp³-hybridized carbons (Fsp3) is 0.533. The van der Waals surface area contributed by atoms with Crippen molar-refractivity contribution in [3.8, 4) is 0 Å². The summed E-state index contributed by atoms with van der Waals surface area (Å²) in [5.74, 6) is -0.143. The average Bonchev–Trinajstić information content (AvgIpc) is 2.38. The monoisotopic (exact) mass is 315 g/mol. The molecule has 0 unspecified atom stereocenters. The molecule has 0 saturated carbocycles. The molecule has 5 nitrogen and oxygen atoms in total. The van der Waals surface area contributed by atoms with Crippen molar-refractivity contribution in [3.05, 3.63) is 34.9 Å². The quantitative estimate of drug-likeness (QED) is 0.590. The summed E-state index contributed by atoms with van der Waals surface area (Å²) >= 11 is 6.26. The van der Waals surface area contributed by atoms with Gasteiger partial charge in [-0.2, -0.15) is 0 Å². The zero-order valence-electron chi connectivity index (χ0n) is 12.6. The van der Waals surface area contributed by atoms with Crippen LogP contribution in [0.25, 0.3) is 0 Å². The van der Waals surface area contributed by atoms with Gasteiger partial charge < -0.3 is 19.9 Å². The van der Waals surface area contributed by atoms with E-state index < -0.39 is 11.7 Å². The molecule has 0 heterocycles. The molecule has 0 spiro atoms. The molecule has 0 aliphatic carbocycles. The Morgan fingerprint density at radius 1 is 1.38 bits per heavy atom. The number of benzene rings is 1. The largest absolute Gasteiger partial charge is 0.443 e. The van der Waals surface area contributed by atoms with Crippen LogP contribution < -0.4 is 5.73 Å². The number of rotatable bonds is 8. The van der Waals surface area contributed by atoms with Gasteiger partial charge in [-0.05, 0) is 31.9 Å². The third-order valence-corrected chi connectivity index (χ3v) is 3.58. The van der Waals surface area contributed by atoms with Gasteiger partial charge in [-0.3, -0.25) is 0 Å². The Bertz CT molecular complexity index is 465. The summed E-state index contributed by atoms with van der Waals surface area (Å²) in [6, 6.07) is 7.46. The molecule has 0 fully saturated rings. The van der Waals surface area contributed by atoms with Crippen LogP contribution in [0.15, 0.2) is 24.3 Å². The first-order valence-corrected chi connectivity index (χ1v) is 7.06. The van der Waals surface area contributed by atoms with E-state index in [-0.39, 0.29) is 12.7 Å². The van der Waals surface area contributed by atoms with Crippen molar-refractivity contribution in [2.45, 2.75) is 31.8 Å². The Kier molecular flexibility index (Phi) is 6.95. The summed E-state index contributed by atoms with van der Waals surface area (Å²) in [6.07, 6.45) is -0.192. The lowest BCUT2D eigenvalue weighted by Gasteiger charge is -2.34. The first-order chi connectivity index (χ1) is 9.88. The highest BCUT2D eigenvalue weighted by Crippen LogP contribution is 2.37. The summed E-state index contributed by atoms with van der Waals surface area (Å²) in [5, 5.41) is 0.621. The summed E-state index contributed by atoms with van der Waals surface area (Å²) < 4.78 is 15.4.